The van der Waals surface area contributed by atoms with E-state index < -0.39 is 6.10 Å². The maximum absolute atomic E-state index is 10.1. The van der Waals surface area contributed by atoms with Crippen molar-refractivity contribution in [2.45, 2.75) is 17.4 Å². The molecule has 1 N–H and O–H groups in total. The molecule has 4 heteroatoms. The van der Waals surface area contributed by atoms with E-state index in [-0.39, 0.29) is 0 Å². The third-order valence-corrected chi connectivity index (χ3v) is 4.28. The van der Waals surface area contributed by atoms with Gasteiger partial charge in [-0.1, -0.05) is 35.3 Å². The Morgan fingerprint density at radius 2 is 1.42 bits per heavy atom. The summed E-state index contributed by atoms with van der Waals surface area (Å²) in [5.41, 5.74) is 0.904. The molecule has 0 saturated heterocycles. The average Bonchev–Trinajstić information content (AvgIpc) is 2.41. The monoisotopic (exact) mass is 312 g/mol. The van der Waals surface area contributed by atoms with Gasteiger partial charge in [-0.25, -0.2) is 0 Å². The Kier molecular flexibility index (Phi) is 5.59. The summed E-state index contributed by atoms with van der Waals surface area (Å²) in [5.74, 6) is 0.853. The van der Waals surface area contributed by atoms with E-state index in [2.05, 4.69) is 0 Å². The number of hydrogen-bond acceptors (Lipinski definition) is 2. The van der Waals surface area contributed by atoms with E-state index in [1.54, 1.807) is 23.9 Å². The van der Waals surface area contributed by atoms with Gasteiger partial charge in [0.25, 0.3) is 0 Å². The zero-order valence-corrected chi connectivity index (χ0v) is 12.6. The van der Waals surface area contributed by atoms with Crippen molar-refractivity contribution in [2.24, 2.45) is 0 Å². The summed E-state index contributed by atoms with van der Waals surface area (Å²) in [6.07, 6.45) is 0.256. The Morgan fingerprint density at radius 3 is 2.00 bits per heavy atom. The molecule has 0 heterocycles. The van der Waals surface area contributed by atoms with Gasteiger partial charge in [0.15, 0.2) is 0 Å². The zero-order chi connectivity index (χ0) is 13.7. The highest BCUT2D eigenvalue weighted by atomic mass is 35.5. The molecule has 0 spiro atoms. The van der Waals surface area contributed by atoms with E-state index in [0.717, 1.165) is 21.2 Å². The Labute approximate surface area is 127 Å². The van der Waals surface area contributed by atoms with Crippen molar-refractivity contribution in [1.82, 2.24) is 0 Å². The largest absolute Gasteiger partial charge is 0.388 e. The zero-order valence-electron chi connectivity index (χ0n) is 10.2. The number of rotatable bonds is 5. The fourth-order valence-electron chi connectivity index (χ4n) is 1.67. The van der Waals surface area contributed by atoms with Gasteiger partial charge in [0, 0.05) is 20.7 Å². The van der Waals surface area contributed by atoms with E-state index >= 15 is 0 Å². The molecule has 0 aliphatic carbocycles. The van der Waals surface area contributed by atoms with Crippen LogP contribution in [-0.2, 0) is 0 Å². The first-order chi connectivity index (χ1) is 9.15. The highest BCUT2D eigenvalue weighted by Crippen LogP contribution is 2.25. The molecule has 2 rings (SSSR count). The number of aliphatic hydroxyl groups excluding tert-OH is 1. The quantitative estimate of drug-likeness (QED) is 0.765. The normalized spacial score (nSPS) is 12.4. The molecule has 0 saturated carbocycles. The third kappa shape index (κ3) is 4.73. The molecule has 0 unspecified atom stereocenters. The van der Waals surface area contributed by atoms with Gasteiger partial charge in [-0.2, -0.15) is 0 Å². The summed E-state index contributed by atoms with van der Waals surface area (Å²) in [6, 6.07) is 15.0. The van der Waals surface area contributed by atoms with Crippen molar-refractivity contribution < 1.29 is 5.11 Å². The first kappa shape index (κ1) is 14.7. The molecule has 0 amide bonds. The highest BCUT2D eigenvalue weighted by molar-refractivity contribution is 7.99. The Balaban J connectivity index is 1.82. The van der Waals surface area contributed by atoms with E-state index in [9.17, 15) is 5.11 Å². The minimum absolute atomic E-state index is 0.447. The van der Waals surface area contributed by atoms with Gasteiger partial charge < -0.3 is 5.11 Å². The van der Waals surface area contributed by atoms with Crippen LogP contribution in [0.3, 0.4) is 0 Å². The molecule has 0 bridgehead atoms. The predicted octanol–water partition coefficient (Wildman–Crippen LogP) is 5.21. The fraction of sp³-hybridized carbons (Fsp3) is 0.200. The van der Waals surface area contributed by atoms with E-state index in [1.165, 1.54) is 0 Å². The van der Waals surface area contributed by atoms with Crippen molar-refractivity contribution in [3.63, 3.8) is 0 Å². The minimum atomic E-state index is -0.447. The van der Waals surface area contributed by atoms with Crippen LogP contribution in [0.15, 0.2) is 53.4 Å². The van der Waals surface area contributed by atoms with Gasteiger partial charge in [0.2, 0.25) is 0 Å². The molecule has 100 valence electrons. The van der Waals surface area contributed by atoms with Crippen molar-refractivity contribution in [1.29, 1.82) is 0 Å². The van der Waals surface area contributed by atoms with E-state index in [1.807, 2.05) is 36.4 Å². The van der Waals surface area contributed by atoms with E-state index in [0.29, 0.717) is 11.4 Å². The second-order valence-corrected chi connectivity index (χ2v) is 6.20. The van der Waals surface area contributed by atoms with Crippen molar-refractivity contribution in [3.8, 4) is 0 Å². The van der Waals surface area contributed by atoms with Crippen LogP contribution in [0.4, 0.5) is 0 Å². The van der Waals surface area contributed by atoms with Crippen LogP contribution in [0.25, 0.3) is 0 Å². The van der Waals surface area contributed by atoms with Crippen LogP contribution in [0.1, 0.15) is 18.1 Å². The molecule has 0 radical (unpaired) electrons. The predicted molar refractivity (Wildman–Crippen MR) is 83.2 cm³/mol. The summed E-state index contributed by atoms with van der Waals surface area (Å²) in [4.78, 5) is 1.16. The SMILES string of the molecule is O[C@@H](CCSc1ccc(Cl)cc1)c1ccc(Cl)cc1. The molecule has 0 fully saturated rings. The summed E-state index contributed by atoms with van der Waals surface area (Å²) in [5, 5.41) is 11.5. The van der Waals surface area contributed by atoms with Crippen LogP contribution >= 0.6 is 35.0 Å². The summed E-state index contributed by atoms with van der Waals surface area (Å²) in [7, 11) is 0. The number of hydrogen-bond donors (Lipinski definition) is 1. The number of halogens is 2. The molecular weight excluding hydrogens is 299 g/mol. The lowest BCUT2D eigenvalue weighted by Gasteiger charge is -2.10. The van der Waals surface area contributed by atoms with Gasteiger partial charge in [-0.3, -0.25) is 0 Å². The fourth-order valence-corrected chi connectivity index (χ4v) is 2.83. The molecule has 0 aliphatic rings. The molecule has 2 aromatic rings. The van der Waals surface area contributed by atoms with Crippen LogP contribution < -0.4 is 0 Å². The first-order valence-corrected chi connectivity index (χ1v) is 7.71. The molecule has 0 aliphatic heterocycles. The molecule has 19 heavy (non-hydrogen) atoms. The second kappa shape index (κ2) is 7.20. The lowest BCUT2D eigenvalue weighted by Crippen LogP contribution is -1.98. The lowest BCUT2D eigenvalue weighted by molar-refractivity contribution is 0.175. The Hall–Kier alpha value is -0.670. The maximum atomic E-state index is 10.1. The summed E-state index contributed by atoms with van der Waals surface area (Å²) >= 11 is 13.4. The van der Waals surface area contributed by atoms with E-state index in [4.69, 9.17) is 23.2 Å². The molecule has 2 aromatic carbocycles. The maximum Gasteiger partial charge on any atom is 0.0798 e. The smallest absolute Gasteiger partial charge is 0.0798 e. The second-order valence-electron chi connectivity index (χ2n) is 4.16. The van der Waals surface area contributed by atoms with Crippen molar-refractivity contribution in [2.75, 3.05) is 5.75 Å². The van der Waals surface area contributed by atoms with Crippen LogP contribution in [0, 0.1) is 0 Å². The summed E-state index contributed by atoms with van der Waals surface area (Å²) in [6.45, 7) is 0. The van der Waals surface area contributed by atoms with Gasteiger partial charge in [-0.05, 0) is 48.4 Å². The van der Waals surface area contributed by atoms with Crippen LogP contribution in [0.2, 0.25) is 10.0 Å². The Bertz CT molecular complexity index is 511. The lowest BCUT2D eigenvalue weighted by atomic mass is 10.1. The standard InChI is InChI=1S/C15H14Cl2OS/c16-12-3-1-11(2-4-12)15(18)9-10-19-14-7-5-13(17)6-8-14/h1-8,15,18H,9-10H2/t15-/m0/s1. The molecule has 0 aromatic heterocycles. The topological polar surface area (TPSA) is 20.2 Å². The number of thioether (sulfide) groups is 1. The van der Waals surface area contributed by atoms with Crippen LogP contribution in [-0.4, -0.2) is 10.9 Å². The number of benzene rings is 2. The highest BCUT2D eigenvalue weighted by Gasteiger charge is 2.07. The average molecular weight is 313 g/mol. The number of aliphatic hydroxyl groups is 1. The van der Waals surface area contributed by atoms with Crippen molar-refractivity contribution in [3.05, 3.63) is 64.1 Å². The summed E-state index contributed by atoms with van der Waals surface area (Å²) < 4.78 is 0. The van der Waals surface area contributed by atoms with Crippen LogP contribution in [0.5, 0.6) is 0 Å². The van der Waals surface area contributed by atoms with Gasteiger partial charge in [0.05, 0.1) is 6.10 Å². The molecule has 1 atom stereocenters. The van der Waals surface area contributed by atoms with Gasteiger partial charge >= 0.3 is 0 Å². The molecule has 1 nitrogen and oxygen atoms in total. The van der Waals surface area contributed by atoms with Gasteiger partial charge in [0.1, 0.15) is 0 Å². The molecular formula is C15H14Cl2OS. The van der Waals surface area contributed by atoms with Gasteiger partial charge in [-0.15, -0.1) is 11.8 Å². The Morgan fingerprint density at radius 1 is 0.895 bits per heavy atom. The third-order valence-electron chi connectivity index (χ3n) is 2.73. The minimum Gasteiger partial charge on any atom is -0.388 e. The first-order valence-electron chi connectivity index (χ1n) is 5.97. The van der Waals surface area contributed by atoms with Crippen molar-refractivity contribution >= 4 is 35.0 Å².